The summed E-state index contributed by atoms with van der Waals surface area (Å²) in [6.07, 6.45) is -2.94. The number of rotatable bonds is 5. The van der Waals surface area contributed by atoms with Gasteiger partial charge >= 0.3 is 6.18 Å². The van der Waals surface area contributed by atoms with Crippen LogP contribution < -0.4 is 15.4 Å². The summed E-state index contributed by atoms with van der Waals surface area (Å²) < 4.78 is 45.0. The van der Waals surface area contributed by atoms with Gasteiger partial charge < -0.3 is 15.4 Å². The number of nitrogens with one attached hydrogen (secondary N) is 2. The molecule has 7 heteroatoms. The summed E-state index contributed by atoms with van der Waals surface area (Å²) in [5.41, 5.74) is -1.63. The molecule has 0 bridgehead atoms. The molecule has 0 aliphatic carbocycles. The fraction of sp³-hybridized carbons (Fsp3) is 0.211. The molecular formula is C19H17F3N2O2. The van der Waals surface area contributed by atoms with E-state index in [1.807, 2.05) is 0 Å². The smallest absolute Gasteiger partial charge is 0.418 e. The van der Waals surface area contributed by atoms with Crippen LogP contribution in [0, 0.1) is 0 Å². The zero-order valence-electron chi connectivity index (χ0n) is 14.0. The van der Waals surface area contributed by atoms with Crippen molar-refractivity contribution in [2.45, 2.75) is 18.1 Å². The van der Waals surface area contributed by atoms with E-state index < -0.39 is 23.2 Å². The number of ether oxygens (including phenoxy) is 1. The van der Waals surface area contributed by atoms with Gasteiger partial charge in [-0.2, -0.15) is 13.2 Å². The van der Waals surface area contributed by atoms with Crippen LogP contribution in [-0.4, -0.2) is 13.0 Å². The highest BCUT2D eigenvalue weighted by atomic mass is 19.4. The first-order chi connectivity index (χ1) is 12.3. The van der Waals surface area contributed by atoms with Gasteiger partial charge in [-0.3, -0.25) is 4.79 Å². The fourth-order valence-corrected chi connectivity index (χ4v) is 3.14. The van der Waals surface area contributed by atoms with Crippen LogP contribution in [0.5, 0.6) is 5.75 Å². The molecule has 136 valence electrons. The average Bonchev–Trinajstić information content (AvgIpc) is 2.87. The van der Waals surface area contributed by atoms with Crippen molar-refractivity contribution in [2.24, 2.45) is 0 Å². The van der Waals surface area contributed by atoms with Crippen molar-refractivity contribution in [2.75, 3.05) is 17.7 Å². The summed E-state index contributed by atoms with van der Waals surface area (Å²) >= 11 is 0. The van der Waals surface area contributed by atoms with Crippen LogP contribution in [-0.2, 0) is 16.5 Å². The number of amides is 1. The third-order valence-corrected chi connectivity index (χ3v) is 4.35. The topological polar surface area (TPSA) is 50.4 Å². The van der Waals surface area contributed by atoms with Crippen molar-refractivity contribution in [3.05, 3.63) is 66.2 Å². The van der Waals surface area contributed by atoms with E-state index in [4.69, 9.17) is 4.74 Å². The van der Waals surface area contributed by atoms with E-state index in [9.17, 15) is 18.0 Å². The lowest BCUT2D eigenvalue weighted by Crippen LogP contribution is -2.41. The van der Waals surface area contributed by atoms with Crippen LogP contribution in [0.2, 0.25) is 0 Å². The van der Waals surface area contributed by atoms with Gasteiger partial charge in [0.25, 0.3) is 5.91 Å². The highest BCUT2D eigenvalue weighted by Gasteiger charge is 2.49. The second-order valence-corrected chi connectivity index (χ2v) is 5.93. The Labute approximate surface area is 148 Å². The summed E-state index contributed by atoms with van der Waals surface area (Å²) in [5.74, 6) is 0.0730. The van der Waals surface area contributed by atoms with E-state index in [1.165, 1.54) is 25.3 Å². The van der Waals surface area contributed by atoms with Crippen LogP contribution in [0.1, 0.15) is 17.5 Å². The molecule has 0 fully saturated rings. The maximum Gasteiger partial charge on any atom is 0.418 e. The largest absolute Gasteiger partial charge is 0.497 e. The molecule has 3 rings (SSSR count). The summed E-state index contributed by atoms with van der Waals surface area (Å²) in [5, 5.41) is 5.48. The molecule has 0 spiro atoms. The molecule has 2 aromatic rings. The fourth-order valence-electron chi connectivity index (χ4n) is 3.14. The maximum atomic E-state index is 13.3. The van der Waals surface area contributed by atoms with Gasteiger partial charge in [0, 0.05) is 17.7 Å². The minimum atomic E-state index is -4.57. The van der Waals surface area contributed by atoms with Crippen LogP contribution >= 0.6 is 0 Å². The average molecular weight is 362 g/mol. The van der Waals surface area contributed by atoms with E-state index >= 15 is 0 Å². The monoisotopic (exact) mass is 362 g/mol. The lowest BCUT2D eigenvalue weighted by Gasteiger charge is -2.29. The predicted molar refractivity (Wildman–Crippen MR) is 93.2 cm³/mol. The quantitative estimate of drug-likeness (QED) is 0.768. The van der Waals surface area contributed by atoms with Gasteiger partial charge in [-0.25, -0.2) is 0 Å². The van der Waals surface area contributed by atoms with Crippen LogP contribution in [0.4, 0.5) is 24.5 Å². The summed E-state index contributed by atoms with van der Waals surface area (Å²) in [6, 6.07) is 10.6. The minimum absolute atomic E-state index is 0.124. The van der Waals surface area contributed by atoms with E-state index in [-0.39, 0.29) is 17.7 Å². The summed E-state index contributed by atoms with van der Waals surface area (Å²) in [7, 11) is 1.53. The molecule has 2 aromatic carbocycles. The van der Waals surface area contributed by atoms with Crippen molar-refractivity contribution >= 4 is 17.3 Å². The van der Waals surface area contributed by atoms with Crippen LogP contribution in [0.15, 0.2) is 55.1 Å². The molecule has 0 radical (unpaired) electrons. The second-order valence-electron chi connectivity index (χ2n) is 5.93. The van der Waals surface area contributed by atoms with E-state index in [0.29, 0.717) is 11.4 Å². The molecule has 1 amide bonds. The van der Waals surface area contributed by atoms with Gasteiger partial charge in [0.05, 0.1) is 18.4 Å². The molecule has 0 saturated carbocycles. The number of methoxy groups -OCH3 is 1. The van der Waals surface area contributed by atoms with Crippen molar-refractivity contribution in [3.8, 4) is 5.75 Å². The van der Waals surface area contributed by atoms with Crippen molar-refractivity contribution < 1.29 is 22.7 Å². The first-order valence-electron chi connectivity index (χ1n) is 7.87. The Balaban J connectivity index is 2.10. The molecule has 0 saturated heterocycles. The number of alkyl halides is 3. The molecule has 26 heavy (non-hydrogen) atoms. The molecule has 1 aliphatic rings. The lowest BCUT2D eigenvalue weighted by atomic mass is 9.86. The lowest BCUT2D eigenvalue weighted by molar-refractivity contribution is -0.136. The third-order valence-electron chi connectivity index (χ3n) is 4.35. The highest BCUT2D eigenvalue weighted by molar-refractivity contribution is 6.08. The van der Waals surface area contributed by atoms with Gasteiger partial charge in [0.2, 0.25) is 0 Å². The Bertz CT molecular complexity index is 847. The SMILES string of the molecule is C=CCC1(Nc2ccc(OC)cc2)C(=O)Nc2c(C(F)(F)F)cccc21. The van der Waals surface area contributed by atoms with Crippen LogP contribution in [0.3, 0.4) is 0 Å². The standard InChI is InChI=1S/C19H17F3N2O2/c1-3-11-18(24-12-7-9-13(26-2)10-8-12)14-5-4-6-15(19(20,21)22)16(14)23-17(18)25/h3-10,24H,1,11H2,2H3,(H,23,25). The van der Waals surface area contributed by atoms with E-state index in [0.717, 1.165) is 6.07 Å². The van der Waals surface area contributed by atoms with Crippen molar-refractivity contribution in [1.29, 1.82) is 0 Å². The number of benzene rings is 2. The Morgan fingerprint density at radius 2 is 1.92 bits per heavy atom. The summed E-state index contributed by atoms with van der Waals surface area (Å²) in [4.78, 5) is 12.7. The molecular weight excluding hydrogens is 345 g/mol. The molecule has 1 heterocycles. The Morgan fingerprint density at radius 3 is 2.50 bits per heavy atom. The number of carbonyl (C=O) groups is 1. The number of carbonyl (C=O) groups excluding carboxylic acids is 1. The zero-order valence-corrected chi connectivity index (χ0v) is 14.0. The Kier molecular flexibility index (Phi) is 4.39. The normalized spacial score (nSPS) is 18.8. The number of hydrogen-bond acceptors (Lipinski definition) is 3. The number of para-hydroxylation sites is 1. The first-order valence-corrected chi connectivity index (χ1v) is 7.87. The first kappa shape index (κ1) is 17.8. The molecule has 1 atom stereocenters. The van der Waals surface area contributed by atoms with Gasteiger partial charge in [0.1, 0.15) is 11.3 Å². The third kappa shape index (κ3) is 2.89. The van der Waals surface area contributed by atoms with Gasteiger partial charge in [-0.05, 0) is 30.3 Å². The van der Waals surface area contributed by atoms with Crippen LogP contribution in [0.25, 0.3) is 0 Å². The van der Waals surface area contributed by atoms with E-state index in [1.54, 1.807) is 24.3 Å². The van der Waals surface area contributed by atoms with Gasteiger partial charge in [-0.15, -0.1) is 6.58 Å². The summed E-state index contributed by atoms with van der Waals surface area (Å²) in [6.45, 7) is 3.65. The molecule has 2 N–H and O–H groups in total. The van der Waals surface area contributed by atoms with Crippen molar-refractivity contribution in [1.82, 2.24) is 0 Å². The number of anilines is 2. The number of fused-ring (bicyclic) bond motifs is 1. The molecule has 4 nitrogen and oxygen atoms in total. The minimum Gasteiger partial charge on any atom is -0.497 e. The van der Waals surface area contributed by atoms with Gasteiger partial charge in [-0.1, -0.05) is 18.2 Å². The maximum absolute atomic E-state index is 13.3. The number of hydrogen-bond donors (Lipinski definition) is 2. The Hall–Kier alpha value is -2.96. The molecule has 1 unspecified atom stereocenters. The second kappa shape index (κ2) is 6.40. The molecule has 1 aliphatic heterocycles. The zero-order chi connectivity index (χ0) is 18.9. The Morgan fingerprint density at radius 1 is 1.23 bits per heavy atom. The van der Waals surface area contributed by atoms with E-state index in [2.05, 4.69) is 17.2 Å². The highest BCUT2D eigenvalue weighted by Crippen LogP contribution is 2.47. The molecule has 0 aromatic heterocycles. The van der Waals surface area contributed by atoms with Gasteiger partial charge in [0.15, 0.2) is 0 Å². The predicted octanol–water partition coefficient (Wildman–Crippen LogP) is 4.55. The number of halogens is 3. The van der Waals surface area contributed by atoms with Crippen molar-refractivity contribution in [3.63, 3.8) is 0 Å².